The number of hydrogen-bond acceptors (Lipinski definition) is 12. The Bertz CT molecular complexity index is 1240. The van der Waals surface area contributed by atoms with Gasteiger partial charge in [-0.2, -0.15) is 9.97 Å². The topological polar surface area (TPSA) is 165 Å². The molecule has 0 saturated carbocycles. The van der Waals surface area contributed by atoms with Crippen LogP contribution < -0.4 is 14.2 Å². The van der Waals surface area contributed by atoms with Crippen molar-refractivity contribution in [2.45, 2.75) is 38.2 Å². The standard InChI is InChI=1S/C20H27ClN8O6S/c1-6-7-35-10-14-26-27-20(29(14)15-18(33-4)24-11-25-19(15)34-5)28-36(30,31)12(2)16(32-3)17-22-8-13(21)9-23-17/h8-9,11-12,16H,6-7,10H2,1-5H3,(H,27,28)/t12-,16-/m0/s1. The molecule has 14 nitrogen and oxygen atoms in total. The summed E-state index contributed by atoms with van der Waals surface area (Å²) >= 11 is 5.85. The number of anilines is 1. The summed E-state index contributed by atoms with van der Waals surface area (Å²) in [6.07, 6.45) is 3.73. The summed E-state index contributed by atoms with van der Waals surface area (Å²) in [7, 11) is 0.0332. The van der Waals surface area contributed by atoms with Crippen LogP contribution in [0.4, 0.5) is 5.95 Å². The molecule has 1 N–H and O–H groups in total. The molecule has 0 saturated heterocycles. The van der Waals surface area contributed by atoms with Crippen LogP contribution in [0.2, 0.25) is 5.02 Å². The molecule has 0 fully saturated rings. The van der Waals surface area contributed by atoms with E-state index in [2.05, 4.69) is 34.9 Å². The molecule has 2 atom stereocenters. The molecule has 0 unspecified atom stereocenters. The van der Waals surface area contributed by atoms with E-state index < -0.39 is 21.4 Å². The van der Waals surface area contributed by atoms with Crippen LogP contribution in [0.1, 0.15) is 38.0 Å². The van der Waals surface area contributed by atoms with Crippen molar-refractivity contribution < 1.29 is 27.4 Å². The zero-order chi connectivity index (χ0) is 26.3. The Hall–Kier alpha value is -3.14. The Kier molecular flexibility index (Phi) is 9.31. The van der Waals surface area contributed by atoms with E-state index in [4.69, 9.17) is 30.5 Å². The SMILES string of the molecule is CCCOCc1nnc(NS(=O)(=O)[C@@H](C)[C@H](OC)c2ncc(Cl)cn2)n1-c1c(OC)ncnc1OC. The smallest absolute Gasteiger partial charge is 0.245 e. The van der Waals surface area contributed by atoms with Gasteiger partial charge in [-0.25, -0.2) is 18.4 Å². The van der Waals surface area contributed by atoms with E-state index in [9.17, 15) is 8.42 Å². The van der Waals surface area contributed by atoms with Crippen molar-refractivity contribution in [2.24, 2.45) is 0 Å². The van der Waals surface area contributed by atoms with Crippen LogP contribution in [-0.2, 0) is 26.1 Å². The molecule has 0 radical (unpaired) electrons. The maximum absolute atomic E-state index is 13.4. The number of aromatic nitrogens is 7. The number of nitrogens with zero attached hydrogens (tertiary/aromatic N) is 7. The van der Waals surface area contributed by atoms with Gasteiger partial charge >= 0.3 is 0 Å². The highest BCUT2D eigenvalue weighted by Crippen LogP contribution is 2.33. The number of rotatable bonds is 13. The summed E-state index contributed by atoms with van der Waals surface area (Å²) in [5, 5.41) is 7.32. The molecule has 3 aromatic rings. The minimum Gasteiger partial charge on any atom is -0.479 e. The van der Waals surface area contributed by atoms with Crippen LogP contribution in [-0.4, -0.2) is 76.3 Å². The monoisotopic (exact) mass is 542 g/mol. The second-order valence-corrected chi connectivity index (χ2v) is 9.81. The first kappa shape index (κ1) is 27.4. The molecule has 36 heavy (non-hydrogen) atoms. The number of sulfonamides is 1. The second kappa shape index (κ2) is 12.2. The van der Waals surface area contributed by atoms with E-state index in [0.717, 1.165) is 6.42 Å². The van der Waals surface area contributed by atoms with E-state index >= 15 is 0 Å². The fraction of sp³-hybridized carbons (Fsp3) is 0.500. The predicted octanol–water partition coefficient (Wildman–Crippen LogP) is 1.96. The van der Waals surface area contributed by atoms with Gasteiger partial charge in [-0.3, -0.25) is 9.29 Å². The molecule has 0 amide bonds. The van der Waals surface area contributed by atoms with Gasteiger partial charge in [0, 0.05) is 26.1 Å². The van der Waals surface area contributed by atoms with Crippen LogP contribution in [0.15, 0.2) is 18.7 Å². The average molecular weight is 543 g/mol. The average Bonchev–Trinajstić information content (AvgIpc) is 3.25. The van der Waals surface area contributed by atoms with Gasteiger partial charge in [0.2, 0.25) is 27.7 Å². The van der Waals surface area contributed by atoms with Crippen LogP contribution in [0.3, 0.4) is 0 Å². The third-order valence-electron chi connectivity index (χ3n) is 4.97. The molecule has 0 aliphatic heterocycles. The van der Waals surface area contributed by atoms with Crippen LogP contribution in [0.25, 0.3) is 5.69 Å². The Morgan fingerprint density at radius 1 is 1.06 bits per heavy atom. The van der Waals surface area contributed by atoms with Gasteiger partial charge < -0.3 is 18.9 Å². The Labute approximate surface area is 213 Å². The second-order valence-electron chi connectivity index (χ2n) is 7.34. The van der Waals surface area contributed by atoms with Crippen molar-refractivity contribution >= 4 is 27.6 Å². The highest BCUT2D eigenvalue weighted by Gasteiger charge is 2.35. The van der Waals surface area contributed by atoms with Crippen molar-refractivity contribution in [2.75, 3.05) is 32.7 Å². The normalized spacial score (nSPS) is 13.3. The van der Waals surface area contributed by atoms with Crippen molar-refractivity contribution in [3.63, 3.8) is 0 Å². The zero-order valence-electron chi connectivity index (χ0n) is 20.4. The first-order valence-electron chi connectivity index (χ1n) is 10.7. The largest absolute Gasteiger partial charge is 0.479 e. The fourth-order valence-corrected chi connectivity index (χ4v) is 4.44. The third-order valence-corrected chi connectivity index (χ3v) is 6.86. The highest BCUT2D eigenvalue weighted by atomic mass is 35.5. The molecule has 196 valence electrons. The fourth-order valence-electron chi connectivity index (χ4n) is 3.22. The van der Waals surface area contributed by atoms with Crippen molar-refractivity contribution in [1.82, 2.24) is 34.7 Å². The number of halogens is 1. The molecule has 3 rings (SSSR count). The number of hydrogen-bond donors (Lipinski definition) is 1. The lowest BCUT2D eigenvalue weighted by Crippen LogP contribution is -2.33. The van der Waals surface area contributed by atoms with Crippen molar-refractivity contribution in [3.8, 4) is 17.4 Å². The first-order chi connectivity index (χ1) is 17.3. The van der Waals surface area contributed by atoms with E-state index in [0.29, 0.717) is 11.6 Å². The third kappa shape index (κ3) is 5.98. The summed E-state index contributed by atoms with van der Waals surface area (Å²) in [4.78, 5) is 16.4. The predicted molar refractivity (Wildman–Crippen MR) is 129 cm³/mol. The summed E-state index contributed by atoms with van der Waals surface area (Å²) < 4.78 is 52.5. The van der Waals surface area contributed by atoms with Gasteiger partial charge in [-0.15, -0.1) is 10.2 Å². The van der Waals surface area contributed by atoms with Crippen LogP contribution in [0, 0.1) is 0 Å². The summed E-state index contributed by atoms with van der Waals surface area (Å²) in [6.45, 7) is 3.90. The Morgan fingerprint density at radius 2 is 1.69 bits per heavy atom. The maximum atomic E-state index is 13.4. The quantitative estimate of drug-likeness (QED) is 0.312. The maximum Gasteiger partial charge on any atom is 0.245 e. The molecule has 0 aromatic carbocycles. The minimum absolute atomic E-state index is 0.0264. The lowest BCUT2D eigenvalue weighted by molar-refractivity contribution is 0.0950. The molecule has 3 aromatic heterocycles. The van der Waals surface area contributed by atoms with Gasteiger partial charge in [-0.1, -0.05) is 18.5 Å². The molecule has 0 aliphatic rings. The Morgan fingerprint density at radius 3 is 2.25 bits per heavy atom. The van der Waals surface area contributed by atoms with Crippen LogP contribution >= 0.6 is 11.6 Å². The van der Waals surface area contributed by atoms with E-state index in [1.165, 1.54) is 51.5 Å². The van der Waals surface area contributed by atoms with Gasteiger partial charge in [0.1, 0.15) is 24.3 Å². The van der Waals surface area contributed by atoms with Gasteiger partial charge in [-0.05, 0) is 13.3 Å². The van der Waals surface area contributed by atoms with E-state index in [1.54, 1.807) is 0 Å². The van der Waals surface area contributed by atoms with E-state index in [1.807, 2.05) is 6.92 Å². The van der Waals surface area contributed by atoms with Gasteiger partial charge in [0.25, 0.3) is 0 Å². The molecule has 16 heteroatoms. The molecule has 3 heterocycles. The number of methoxy groups -OCH3 is 3. The van der Waals surface area contributed by atoms with E-state index in [-0.39, 0.29) is 41.7 Å². The molecule has 0 aliphatic carbocycles. The van der Waals surface area contributed by atoms with Gasteiger partial charge in [0.05, 0.1) is 19.2 Å². The Balaban J connectivity index is 2.05. The lowest BCUT2D eigenvalue weighted by atomic mass is 10.2. The number of ether oxygens (including phenoxy) is 4. The van der Waals surface area contributed by atoms with Crippen molar-refractivity contribution in [1.29, 1.82) is 0 Å². The number of nitrogens with one attached hydrogen (secondary N) is 1. The van der Waals surface area contributed by atoms with Crippen molar-refractivity contribution in [3.05, 3.63) is 35.4 Å². The van der Waals surface area contributed by atoms with Crippen LogP contribution in [0.5, 0.6) is 11.8 Å². The molecule has 0 bridgehead atoms. The van der Waals surface area contributed by atoms with Gasteiger partial charge in [0.15, 0.2) is 17.3 Å². The lowest BCUT2D eigenvalue weighted by Gasteiger charge is -2.22. The first-order valence-corrected chi connectivity index (χ1v) is 12.7. The molecule has 0 spiro atoms. The zero-order valence-corrected chi connectivity index (χ0v) is 21.9. The molecular weight excluding hydrogens is 516 g/mol. The summed E-state index contributed by atoms with van der Waals surface area (Å²) in [5.41, 5.74) is 0.192. The minimum atomic E-state index is -4.14. The summed E-state index contributed by atoms with van der Waals surface area (Å²) in [6, 6.07) is 0. The highest BCUT2D eigenvalue weighted by molar-refractivity contribution is 7.93. The molecular formula is C20H27ClN8O6S. The summed E-state index contributed by atoms with van der Waals surface area (Å²) in [5.74, 6) is 0.474.